The van der Waals surface area contributed by atoms with Crippen molar-refractivity contribution in [3.63, 3.8) is 0 Å². The molecule has 0 aliphatic rings. The normalized spacial score (nSPS) is 10.5. The van der Waals surface area contributed by atoms with E-state index in [1.54, 1.807) is 6.92 Å². The number of ether oxygens (including phenoxy) is 1. The molecule has 72 valence electrons. The summed E-state index contributed by atoms with van der Waals surface area (Å²) in [5.41, 5.74) is -0.609. The third-order valence-corrected chi connectivity index (χ3v) is 1.63. The van der Waals surface area contributed by atoms with E-state index in [1.165, 1.54) is 13.2 Å². The monoisotopic (exact) mass is 189 g/mol. The Bertz CT molecular complexity index is 360. The van der Waals surface area contributed by atoms with Crippen LogP contribution in [0, 0.1) is 6.92 Å². The fourth-order valence-electron chi connectivity index (χ4n) is 1.12. The second kappa shape index (κ2) is 3.55. The topological polar surface area (TPSA) is 42.1 Å². The Kier molecular flexibility index (Phi) is 2.65. The molecule has 0 saturated carbocycles. The molecule has 1 aromatic heterocycles. The van der Waals surface area contributed by atoms with Crippen LogP contribution in [-0.2, 0) is 0 Å². The van der Waals surface area contributed by atoms with E-state index >= 15 is 0 Å². The van der Waals surface area contributed by atoms with Crippen molar-refractivity contribution in [1.29, 1.82) is 0 Å². The summed E-state index contributed by atoms with van der Waals surface area (Å²) in [6.45, 7) is 1.54. The minimum Gasteiger partial charge on any atom is -0.494 e. The van der Waals surface area contributed by atoms with Crippen LogP contribution in [0.1, 0.15) is 17.7 Å². The van der Waals surface area contributed by atoms with Crippen LogP contribution in [0.25, 0.3) is 0 Å². The second-order valence-corrected chi connectivity index (χ2v) is 2.56. The smallest absolute Gasteiger partial charge is 0.282 e. The number of aromatic nitrogens is 1. The van der Waals surface area contributed by atoms with Crippen LogP contribution < -0.4 is 10.3 Å². The minimum atomic E-state index is -2.73. The van der Waals surface area contributed by atoms with Gasteiger partial charge < -0.3 is 9.72 Å². The maximum atomic E-state index is 12.3. The number of aryl methyl sites for hydroxylation is 1. The van der Waals surface area contributed by atoms with Gasteiger partial charge >= 0.3 is 0 Å². The minimum absolute atomic E-state index is 0.0367. The summed E-state index contributed by atoms with van der Waals surface area (Å²) < 4.78 is 29.4. The Morgan fingerprint density at radius 2 is 2.15 bits per heavy atom. The van der Waals surface area contributed by atoms with Crippen molar-refractivity contribution in [2.24, 2.45) is 0 Å². The lowest BCUT2D eigenvalue weighted by Crippen LogP contribution is -2.11. The van der Waals surface area contributed by atoms with Crippen LogP contribution in [0.3, 0.4) is 0 Å². The molecule has 3 nitrogen and oxygen atoms in total. The molecular weight excluding hydrogens is 180 g/mol. The molecule has 0 radical (unpaired) electrons. The van der Waals surface area contributed by atoms with Crippen molar-refractivity contribution < 1.29 is 13.5 Å². The summed E-state index contributed by atoms with van der Waals surface area (Å²) in [6, 6.07) is 1.21. The van der Waals surface area contributed by atoms with Crippen LogP contribution in [0.2, 0.25) is 0 Å². The highest BCUT2D eigenvalue weighted by Crippen LogP contribution is 2.27. The van der Waals surface area contributed by atoms with Gasteiger partial charge in [0.15, 0.2) is 0 Å². The summed E-state index contributed by atoms with van der Waals surface area (Å²) >= 11 is 0. The van der Waals surface area contributed by atoms with Gasteiger partial charge in [0.05, 0.1) is 7.11 Å². The van der Waals surface area contributed by atoms with Crippen molar-refractivity contribution >= 4 is 0 Å². The predicted molar refractivity (Wildman–Crippen MR) is 43.3 cm³/mol. The van der Waals surface area contributed by atoms with E-state index in [2.05, 4.69) is 0 Å². The fraction of sp³-hybridized carbons (Fsp3) is 0.375. The average Bonchev–Trinajstić information content (AvgIpc) is 2.02. The fourth-order valence-corrected chi connectivity index (χ4v) is 1.12. The highest BCUT2D eigenvalue weighted by Gasteiger charge is 2.16. The van der Waals surface area contributed by atoms with Crippen LogP contribution in [0.15, 0.2) is 10.9 Å². The molecule has 1 heterocycles. The zero-order valence-electron chi connectivity index (χ0n) is 7.23. The summed E-state index contributed by atoms with van der Waals surface area (Å²) in [7, 11) is 1.28. The number of rotatable bonds is 2. The first-order valence-corrected chi connectivity index (χ1v) is 3.62. The number of pyridine rings is 1. The van der Waals surface area contributed by atoms with Crippen LogP contribution in [0.5, 0.6) is 5.75 Å². The van der Waals surface area contributed by atoms with Gasteiger partial charge in [0.1, 0.15) is 11.4 Å². The molecule has 13 heavy (non-hydrogen) atoms. The van der Waals surface area contributed by atoms with Crippen molar-refractivity contribution in [3.05, 3.63) is 27.7 Å². The highest BCUT2D eigenvalue weighted by molar-refractivity contribution is 5.36. The first-order valence-electron chi connectivity index (χ1n) is 3.62. The molecule has 1 aromatic rings. The predicted octanol–water partition coefficient (Wildman–Crippen LogP) is 1.63. The van der Waals surface area contributed by atoms with Crippen molar-refractivity contribution in [3.8, 4) is 5.75 Å². The first kappa shape index (κ1) is 9.70. The number of hydrogen-bond donors (Lipinski definition) is 1. The van der Waals surface area contributed by atoms with Crippen LogP contribution in [0.4, 0.5) is 8.78 Å². The van der Waals surface area contributed by atoms with E-state index in [0.717, 1.165) is 0 Å². The summed E-state index contributed by atoms with van der Waals surface area (Å²) in [5.74, 6) is 0.0367. The Labute approximate surface area is 73.4 Å². The molecule has 1 rings (SSSR count). The van der Waals surface area contributed by atoms with E-state index in [1.807, 2.05) is 4.98 Å². The molecular formula is C8H9F2NO2. The lowest BCUT2D eigenvalue weighted by Gasteiger charge is -2.09. The van der Waals surface area contributed by atoms with Gasteiger partial charge in [-0.05, 0) is 12.5 Å². The van der Waals surface area contributed by atoms with Gasteiger partial charge in [-0.1, -0.05) is 0 Å². The number of aromatic amines is 1. The summed E-state index contributed by atoms with van der Waals surface area (Å²) in [5, 5.41) is 0. The number of H-pyrrole nitrogens is 1. The largest absolute Gasteiger partial charge is 0.494 e. The zero-order valence-corrected chi connectivity index (χ0v) is 7.23. The lowest BCUT2D eigenvalue weighted by atomic mass is 10.2. The first-order chi connectivity index (χ1) is 6.06. The molecule has 1 N–H and O–H groups in total. The third kappa shape index (κ3) is 1.85. The number of methoxy groups -OCH3 is 1. The van der Waals surface area contributed by atoms with E-state index < -0.39 is 17.7 Å². The van der Waals surface area contributed by atoms with Gasteiger partial charge in [-0.2, -0.15) is 0 Å². The molecule has 0 aliphatic heterocycles. The number of nitrogens with one attached hydrogen (secondary N) is 1. The van der Waals surface area contributed by atoms with Gasteiger partial charge in [-0.3, -0.25) is 4.79 Å². The Hall–Kier alpha value is -1.39. The summed E-state index contributed by atoms with van der Waals surface area (Å²) in [4.78, 5) is 12.9. The maximum Gasteiger partial charge on any atom is 0.282 e. The molecule has 0 bridgehead atoms. The summed E-state index contributed by atoms with van der Waals surface area (Å²) in [6.07, 6.45) is -2.73. The van der Waals surface area contributed by atoms with Gasteiger partial charge in [0.2, 0.25) is 5.56 Å². The standard InChI is InChI=1S/C8H9F2NO2/c1-4-3-5(12)11-6(8(9)10)7(4)13-2/h3,8H,1-2H3,(H,11,12). The third-order valence-electron chi connectivity index (χ3n) is 1.63. The number of halogens is 2. The van der Waals surface area contributed by atoms with E-state index in [4.69, 9.17) is 4.74 Å². The van der Waals surface area contributed by atoms with Gasteiger partial charge in [-0.25, -0.2) is 8.78 Å². The quantitative estimate of drug-likeness (QED) is 0.768. The zero-order chi connectivity index (χ0) is 10.0. The van der Waals surface area contributed by atoms with Crippen molar-refractivity contribution in [2.45, 2.75) is 13.3 Å². The van der Waals surface area contributed by atoms with E-state index in [9.17, 15) is 13.6 Å². The van der Waals surface area contributed by atoms with Gasteiger partial charge in [-0.15, -0.1) is 0 Å². The van der Waals surface area contributed by atoms with E-state index in [0.29, 0.717) is 5.56 Å². The molecule has 0 aliphatic carbocycles. The van der Waals surface area contributed by atoms with Crippen LogP contribution in [-0.4, -0.2) is 12.1 Å². The number of hydrogen-bond acceptors (Lipinski definition) is 2. The van der Waals surface area contributed by atoms with Crippen molar-refractivity contribution in [1.82, 2.24) is 4.98 Å². The molecule has 0 aromatic carbocycles. The maximum absolute atomic E-state index is 12.3. The Morgan fingerprint density at radius 3 is 2.62 bits per heavy atom. The Morgan fingerprint density at radius 1 is 1.54 bits per heavy atom. The number of alkyl halides is 2. The van der Waals surface area contributed by atoms with E-state index in [-0.39, 0.29) is 5.75 Å². The van der Waals surface area contributed by atoms with Crippen LogP contribution >= 0.6 is 0 Å². The molecule has 0 unspecified atom stereocenters. The molecule has 0 fully saturated rings. The highest BCUT2D eigenvalue weighted by atomic mass is 19.3. The Balaban J connectivity index is 3.38. The average molecular weight is 189 g/mol. The molecule has 5 heteroatoms. The van der Waals surface area contributed by atoms with Crippen molar-refractivity contribution in [2.75, 3.05) is 7.11 Å². The second-order valence-electron chi connectivity index (χ2n) is 2.56. The van der Waals surface area contributed by atoms with Gasteiger partial charge in [0.25, 0.3) is 6.43 Å². The van der Waals surface area contributed by atoms with Gasteiger partial charge in [0, 0.05) is 6.07 Å². The molecule has 0 atom stereocenters. The lowest BCUT2D eigenvalue weighted by molar-refractivity contribution is 0.141. The molecule has 0 spiro atoms. The molecule has 0 amide bonds. The SMILES string of the molecule is COc1c(C)cc(=O)[nH]c1C(F)F. The molecule has 0 saturated heterocycles.